The normalized spacial score (nSPS) is 13.6. The van der Waals surface area contributed by atoms with Crippen molar-refractivity contribution in [3.05, 3.63) is 23.7 Å². The molecule has 0 aliphatic heterocycles. The molecule has 0 aliphatic carbocycles. The highest BCUT2D eigenvalue weighted by atomic mass is 32.2. The second kappa shape index (κ2) is 5.33. The van der Waals surface area contributed by atoms with Gasteiger partial charge in [0.1, 0.15) is 5.82 Å². The summed E-state index contributed by atoms with van der Waals surface area (Å²) in [4.78, 5) is 8.09. The fourth-order valence-electron chi connectivity index (χ4n) is 1.59. The fourth-order valence-corrected chi connectivity index (χ4v) is 2.82. The first kappa shape index (κ1) is 14.7. The Bertz CT molecular complexity index is 684. The standard InChI is InChI=1S/C11H17N5O3S/c1-5-9-13-11(19-14-9)7(2)15-20(17,18)10-6-16(4)8(3)12-10/h6-7,15H,5H2,1-4H3. The summed E-state index contributed by atoms with van der Waals surface area (Å²) in [5.41, 5.74) is 0. The summed E-state index contributed by atoms with van der Waals surface area (Å²) in [6.07, 6.45) is 2.08. The molecule has 1 unspecified atom stereocenters. The average Bonchev–Trinajstić information content (AvgIpc) is 2.97. The minimum atomic E-state index is -3.72. The Morgan fingerprint density at radius 2 is 2.15 bits per heavy atom. The summed E-state index contributed by atoms with van der Waals surface area (Å²) < 4.78 is 33.5. The first-order valence-corrected chi connectivity index (χ1v) is 7.66. The molecular formula is C11H17N5O3S. The molecule has 8 nitrogen and oxygen atoms in total. The van der Waals surface area contributed by atoms with Gasteiger partial charge in [-0.3, -0.25) is 0 Å². The van der Waals surface area contributed by atoms with Crippen molar-refractivity contribution >= 4 is 10.0 Å². The van der Waals surface area contributed by atoms with Gasteiger partial charge in [0.25, 0.3) is 10.0 Å². The lowest BCUT2D eigenvalue weighted by atomic mass is 10.4. The van der Waals surface area contributed by atoms with Gasteiger partial charge in [0, 0.05) is 19.7 Å². The summed E-state index contributed by atoms with van der Waals surface area (Å²) in [5.74, 6) is 1.39. The van der Waals surface area contributed by atoms with E-state index in [1.165, 1.54) is 6.20 Å². The predicted molar refractivity (Wildman–Crippen MR) is 70.4 cm³/mol. The molecule has 20 heavy (non-hydrogen) atoms. The van der Waals surface area contributed by atoms with E-state index in [1.54, 1.807) is 25.5 Å². The van der Waals surface area contributed by atoms with E-state index in [1.807, 2.05) is 6.92 Å². The SMILES string of the molecule is CCc1noc(C(C)NS(=O)(=O)c2cn(C)c(C)n2)n1. The maximum absolute atomic E-state index is 12.2. The van der Waals surface area contributed by atoms with Gasteiger partial charge in [-0.15, -0.1) is 0 Å². The number of imidazole rings is 1. The van der Waals surface area contributed by atoms with Gasteiger partial charge in [0.15, 0.2) is 10.9 Å². The fraction of sp³-hybridized carbons (Fsp3) is 0.545. The molecule has 110 valence electrons. The Morgan fingerprint density at radius 3 is 2.65 bits per heavy atom. The molecule has 0 saturated carbocycles. The van der Waals surface area contributed by atoms with Crippen LogP contribution < -0.4 is 4.72 Å². The van der Waals surface area contributed by atoms with E-state index in [-0.39, 0.29) is 10.9 Å². The van der Waals surface area contributed by atoms with Crippen LogP contribution in [-0.4, -0.2) is 28.1 Å². The zero-order valence-electron chi connectivity index (χ0n) is 11.8. The summed E-state index contributed by atoms with van der Waals surface area (Å²) in [7, 11) is -1.98. The van der Waals surface area contributed by atoms with Gasteiger partial charge in [-0.1, -0.05) is 12.1 Å². The highest BCUT2D eigenvalue weighted by Gasteiger charge is 2.24. The number of rotatable bonds is 5. The zero-order valence-corrected chi connectivity index (χ0v) is 12.6. The van der Waals surface area contributed by atoms with Gasteiger partial charge in [0.2, 0.25) is 5.89 Å². The van der Waals surface area contributed by atoms with Crippen molar-refractivity contribution < 1.29 is 12.9 Å². The predicted octanol–water partition coefficient (Wildman–Crippen LogP) is 0.713. The van der Waals surface area contributed by atoms with Crippen LogP contribution in [0.5, 0.6) is 0 Å². The number of aryl methyl sites for hydroxylation is 3. The summed E-state index contributed by atoms with van der Waals surface area (Å²) >= 11 is 0. The molecular weight excluding hydrogens is 282 g/mol. The minimum Gasteiger partial charge on any atom is -0.338 e. The van der Waals surface area contributed by atoms with E-state index < -0.39 is 16.1 Å². The molecule has 0 radical (unpaired) electrons. The third kappa shape index (κ3) is 2.88. The van der Waals surface area contributed by atoms with E-state index in [4.69, 9.17) is 4.52 Å². The van der Waals surface area contributed by atoms with E-state index in [0.29, 0.717) is 18.1 Å². The number of nitrogens with one attached hydrogen (secondary N) is 1. The van der Waals surface area contributed by atoms with Crippen molar-refractivity contribution in [3.8, 4) is 0 Å². The third-order valence-electron chi connectivity index (χ3n) is 2.86. The van der Waals surface area contributed by atoms with Gasteiger partial charge in [-0.05, 0) is 13.8 Å². The molecule has 0 saturated heterocycles. The van der Waals surface area contributed by atoms with Gasteiger partial charge >= 0.3 is 0 Å². The number of hydrogen-bond acceptors (Lipinski definition) is 6. The molecule has 0 aliphatic rings. The minimum absolute atomic E-state index is 0.0282. The van der Waals surface area contributed by atoms with E-state index >= 15 is 0 Å². The van der Waals surface area contributed by atoms with E-state index in [9.17, 15) is 8.42 Å². The molecule has 9 heteroatoms. The lowest BCUT2D eigenvalue weighted by Crippen LogP contribution is -2.27. The van der Waals surface area contributed by atoms with E-state index in [2.05, 4.69) is 19.8 Å². The number of hydrogen-bond donors (Lipinski definition) is 1. The molecule has 0 amide bonds. The van der Waals surface area contributed by atoms with Gasteiger partial charge in [0.05, 0.1) is 6.04 Å². The summed E-state index contributed by atoms with van der Waals surface area (Å²) in [6, 6.07) is -0.616. The molecule has 2 aromatic heterocycles. The van der Waals surface area contributed by atoms with Crippen LogP contribution in [0.2, 0.25) is 0 Å². The highest BCUT2D eigenvalue weighted by Crippen LogP contribution is 2.15. The lowest BCUT2D eigenvalue weighted by Gasteiger charge is -2.08. The Kier molecular flexibility index (Phi) is 3.91. The van der Waals surface area contributed by atoms with Crippen molar-refractivity contribution in [2.24, 2.45) is 7.05 Å². The maximum Gasteiger partial charge on any atom is 0.260 e. The van der Waals surface area contributed by atoms with Crippen LogP contribution >= 0.6 is 0 Å². The molecule has 2 aromatic rings. The summed E-state index contributed by atoms with van der Waals surface area (Å²) in [6.45, 7) is 5.26. The van der Waals surface area contributed by atoms with Crippen LogP contribution in [0.1, 0.15) is 37.4 Å². The lowest BCUT2D eigenvalue weighted by molar-refractivity contribution is 0.349. The highest BCUT2D eigenvalue weighted by molar-refractivity contribution is 7.89. The first-order chi connectivity index (χ1) is 9.33. The molecule has 2 rings (SSSR count). The van der Waals surface area contributed by atoms with Crippen molar-refractivity contribution in [1.29, 1.82) is 0 Å². The zero-order chi connectivity index (χ0) is 14.9. The first-order valence-electron chi connectivity index (χ1n) is 6.18. The van der Waals surface area contributed by atoms with Crippen molar-refractivity contribution in [2.75, 3.05) is 0 Å². The molecule has 0 fully saturated rings. The number of sulfonamides is 1. The Hall–Kier alpha value is -1.74. The van der Waals surface area contributed by atoms with Crippen LogP contribution in [0.25, 0.3) is 0 Å². The van der Waals surface area contributed by atoms with Crippen molar-refractivity contribution in [3.63, 3.8) is 0 Å². The smallest absolute Gasteiger partial charge is 0.260 e. The second-order valence-electron chi connectivity index (χ2n) is 4.48. The van der Waals surface area contributed by atoms with Crippen LogP contribution in [0, 0.1) is 6.92 Å². The van der Waals surface area contributed by atoms with E-state index in [0.717, 1.165) is 0 Å². The molecule has 0 bridgehead atoms. The van der Waals surface area contributed by atoms with Crippen molar-refractivity contribution in [2.45, 2.75) is 38.3 Å². The van der Waals surface area contributed by atoms with Gasteiger partial charge in [-0.25, -0.2) is 13.4 Å². The maximum atomic E-state index is 12.2. The van der Waals surface area contributed by atoms with Crippen LogP contribution in [-0.2, 0) is 23.5 Å². The Morgan fingerprint density at radius 1 is 1.45 bits per heavy atom. The quantitative estimate of drug-likeness (QED) is 0.872. The second-order valence-corrected chi connectivity index (χ2v) is 6.14. The molecule has 0 spiro atoms. The topological polar surface area (TPSA) is 103 Å². The monoisotopic (exact) mass is 299 g/mol. The number of nitrogens with zero attached hydrogens (tertiary/aromatic N) is 4. The van der Waals surface area contributed by atoms with Crippen molar-refractivity contribution in [1.82, 2.24) is 24.4 Å². The van der Waals surface area contributed by atoms with Crippen LogP contribution in [0.15, 0.2) is 15.7 Å². The van der Waals surface area contributed by atoms with Gasteiger partial charge in [-0.2, -0.15) is 9.71 Å². The molecule has 1 atom stereocenters. The Balaban J connectivity index is 2.19. The van der Waals surface area contributed by atoms with Gasteiger partial charge < -0.3 is 9.09 Å². The summed E-state index contributed by atoms with van der Waals surface area (Å²) in [5, 5.41) is 3.71. The molecule has 0 aromatic carbocycles. The Labute approximate surface area is 117 Å². The molecule has 1 N–H and O–H groups in total. The van der Waals surface area contributed by atoms with Crippen LogP contribution in [0.3, 0.4) is 0 Å². The average molecular weight is 299 g/mol. The number of aromatic nitrogens is 4. The third-order valence-corrected chi connectivity index (χ3v) is 4.28. The molecule has 2 heterocycles. The van der Waals surface area contributed by atoms with Crippen LogP contribution in [0.4, 0.5) is 0 Å². The largest absolute Gasteiger partial charge is 0.338 e.